The van der Waals surface area contributed by atoms with Gasteiger partial charge in [-0.15, -0.1) is 0 Å². The molecule has 0 fully saturated rings. The monoisotopic (exact) mass is 572 g/mol. The Morgan fingerprint density at radius 1 is 0.731 bits per heavy atom. The van der Waals surface area contributed by atoms with Crippen LogP contribution in [0.3, 0.4) is 0 Å². The van der Waals surface area contributed by atoms with Gasteiger partial charge in [0.25, 0.3) is 0 Å². The van der Waals surface area contributed by atoms with E-state index in [1.165, 1.54) is 62.5 Å². The van der Waals surface area contributed by atoms with Crippen molar-refractivity contribution in [2.45, 2.75) is 78.3 Å². The molecule has 4 heteroatoms. The molecule has 144 valence electrons. The van der Waals surface area contributed by atoms with E-state index in [1.807, 2.05) is 0 Å². The van der Waals surface area contributed by atoms with Gasteiger partial charge in [-0.25, -0.2) is 12.1 Å². The van der Waals surface area contributed by atoms with Crippen LogP contribution in [-0.4, -0.2) is 5.43 Å². The second-order valence-electron chi connectivity index (χ2n) is 7.58. The van der Waals surface area contributed by atoms with Gasteiger partial charge < -0.3 is 34.0 Å². The van der Waals surface area contributed by atoms with Crippen LogP contribution in [0.25, 0.3) is 0 Å². The fourth-order valence-electron chi connectivity index (χ4n) is 3.75. The molecule has 4 rings (SSSR count). The Balaban J connectivity index is 0.000000378. The first-order chi connectivity index (χ1) is 11.5. The van der Waals surface area contributed by atoms with E-state index >= 15 is 0 Å². The Labute approximate surface area is 197 Å². The molecule has 2 aromatic carbocycles. The summed E-state index contributed by atoms with van der Waals surface area (Å²) in [5.74, 6) is 0. The van der Waals surface area contributed by atoms with Crippen molar-refractivity contribution < 1.29 is 57.3 Å². The molecule has 2 aromatic rings. The standard InChI is InChI=1S/2C10H13.C2H6Si.2BrH.Zr/c2*1-8-6-9-4-2-3-5-10(9)7-8;1-3-2;;;/h2*6-7H,2-5H2,1H3;1-2H3;2*1H;/q2*-1;;;;+2/p-2. The minimum absolute atomic E-state index is 0. The number of hydrogen-bond acceptors (Lipinski definition) is 0. The minimum Gasteiger partial charge on any atom is -1.00 e. The van der Waals surface area contributed by atoms with Gasteiger partial charge in [0.2, 0.25) is 0 Å². The molecule has 0 atom stereocenters. The number of aryl methyl sites for hydroxylation is 6. The minimum atomic E-state index is 0. The second kappa shape index (κ2) is 13.9. The Morgan fingerprint density at radius 2 is 1.04 bits per heavy atom. The number of hydrogen-bond donors (Lipinski definition) is 0. The summed E-state index contributed by atoms with van der Waals surface area (Å²) in [5, 5.41) is 0. The predicted molar refractivity (Wildman–Crippen MR) is 104 cm³/mol. The fourth-order valence-corrected chi connectivity index (χ4v) is 3.75. The van der Waals surface area contributed by atoms with Crippen molar-refractivity contribution in [3.8, 4) is 0 Å². The van der Waals surface area contributed by atoms with E-state index in [0.717, 1.165) is 0 Å². The van der Waals surface area contributed by atoms with Crippen molar-refractivity contribution in [3.05, 3.63) is 57.6 Å². The maximum Gasteiger partial charge on any atom is -0.0512 e. The average molecular weight is 576 g/mol. The number of fused-ring (bicyclic) bond motifs is 2. The molecule has 0 spiro atoms. The van der Waals surface area contributed by atoms with E-state index in [1.54, 1.807) is 45.6 Å². The van der Waals surface area contributed by atoms with Gasteiger partial charge in [0.15, 0.2) is 0 Å². The van der Waals surface area contributed by atoms with Crippen LogP contribution >= 0.6 is 0 Å². The first-order valence-electron chi connectivity index (χ1n) is 9.47. The smallest absolute Gasteiger partial charge is 0.0512 e. The van der Waals surface area contributed by atoms with E-state index in [-0.39, 0.29) is 39.4 Å². The summed E-state index contributed by atoms with van der Waals surface area (Å²) < 4.78 is 0. The fraction of sp³-hybridized carbons (Fsp3) is 0.545. The molecule has 0 aromatic heterocycles. The van der Waals surface area contributed by atoms with Gasteiger partial charge in [0.1, 0.15) is 0 Å². The van der Waals surface area contributed by atoms with Crippen LogP contribution in [0.4, 0.5) is 0 Å². The van der Waals surface area contributed by atoms with Crippen LogP contribution < -0.4 is 34.0 Å². The quantitative estimate of drug-likeness (QED) is 0.306. The van der Waals surface area contributed by atoms with Gasteiger partial charge in [-0.2, -0.15) is 45.5 Å². The zero-order chi connectivity index (χ0) is 17.5. The summed E-state index contributed by atoms with van der Waals surface area (Å²) in [5.41, 5.74) is 9.57. The normalized spacial score (nSPS) is 14.1. The van der Waals surface area contributed by atoms with Crippen molar-refractivity contribution in [1.82, 2.24) is 0 Å². The van der Waals surface area contributed by atoms with E-state index in [2.05, 4.69) is 51.2 Å². The van der Waals surface area contributed by atoms with Crippen molar-refractivity contribution >= 4 is 5.43 Å². The average Bonchev–Trinajstić information content (AvgIpc) is 3.07. The van der Waals surface area contributed by atoms with Gasteiger partial charge in [-0.05, 0) is 0 Å². The Kier molecular flexibility index (Phi) is 14.3. The summed E-state index contributed by atoms with van der Waals surface area (Å²) in [7, 11) is 0. The predicted octanol–water partition coefficient (Wildman–Crippen LogP) is -0.0223. The van der Waals surface area contributed by atoms with Gasteiger partial charge >= 0.3 is 41.9 Å². The summed E-state index contributed by atoms with van der Waals surface area (Å²) >= 11 is 1.74. The van der Waals surface area contributed by atoms with Crippen LogP contribution in [0.2, 0.25) is 13.1 Å². The molecule has 26 heavy (non-hydrogen) atoms. The molecule has 0 radical (unpaired) electrons. The molecule has 0 aliphatic heterocycles. The van der Waals surface area contributed by atoms with Crippen molar-refractivity contribution in [1.29, 1.82) is 0 Å². The van der Waals surface area contributed by atoms with Crippen molar-refractivity contribution in [2.24, 2.45) is 0 Å². The molecule has 0 N–H and O–H groups in total. The maximum absolute atomic E-state index is 2.34. The zero-order valence-electron chi connectivity index (χ0n) is 16.7. The number of rotatable bonds is 0. The molecule has 0 heterocycles. The van der Waals surface area contributed by atoms with Gasteiger partial charge in [0.05, 0.1) is 0 Å². The molecular weight excluding hydrogens is 543 g/mol. The molecule has 0 saturated heterocycles. The largest absolute Gasteiger partial charge is 1.00 e. The van der Waals surface area contributed by atoms with Crippen LogP contribution in [-0.2, 0) is 49.0 Å². The molecule has 0 nitrogen and oxygen atoms in total. The van der Waals surface area contributed by atoms with Crippen molar-refractivity contribution in [2.75, 3.05) is 0 Å². The molecule has 0 saturated carbocycles. The Morgan fingerprint density at radius 3 is 1.35 bits per heavy atom. The summed E-state index contributed by atoms with van der Waals surface area (Å²) in [6.45, 7) is 9.00. The molecule has 0 unspecified atom stereocenters. The second-order valence-corrected chi connectivity index (χ2v) is 17.0. The Bertz CT molecular complexity index is 566. The van der Waals surface area contributed by atoms with E-state index < -0.39 is 0 Å². The summed E-state index contributed by atoms with van der Waals surface area (Å²) in [6, 6.07) is 9.37. The van der Waals surface area contributed by atoms with Gasteiger partial charge in [-0.1, -0.05) is 65.2 Å². The van der Waals surface area contributed by atoms with Crippen LogP contribution in [0.15, 0.2) is 24.3 Å². The maximum atomic E-state index is 2.34. The topological polar surface area (TPSA) is 0 Å². The summed E-state index contributed by atoms with van der Waals surface area (Å²) in [4.78, 5) is 0. The third kappa shape index (κ3) is 9.30. The molecule has 2 aliphatic carbocycles. The first kappa shape index (κ1) is 26.8. The van der Waals surface area contributed by atoms with E-state index in [4.69, 9.17) is 0 Å². The van der Waals surface area contributed by atoms with Gasteiger partial charge in [0, 0.05) is 0 Å². The SMILES string of the molecule is C[Si](C)=[Zr+2].Cc1cc2c([cH-]1)CCCC2.Cc1cc2c([cH-]1)CCCC2.[Br-].[Br-]. The third-order valence-electron chi connectivity index (χ3n) is 4.72. The number of halogens is 2. The van der Waals surface area contributed by atoms with Crippen LogP contribution in [0, 0.1) is 13.8 Å². The molecular formula is C22H32Br2SiZr-2. The van der Waals surface area contributed by atoms with Gasteiger partial charge in [-0.3, -0.25) is 0 Å². The van der Waals surface area contributed by atoms with E-state index in [9.17, 15) is 0 Å². The third-order valence-corrected chi connectivity index (χ3v) is 4.72. The molecule has 0 amide bonds. The molecule has 0 bridgehead atoms. The summed E-state index contributed by atoms with van der Waals surface area (Å²) in [6.07, 6.45) is 10.9. The zero-order valence-corrected chi connectivity index (χ0v) is 23.4. The first-order valence-corrected chi connectivity index (χ1v) is 15.7. The Hall–Kier alpha value is 0.760. The van der Waals surface area contributed by atoms with Crippen molar-refractivity contribution in [3.63, 3.8) is 0 Å². The molecule has 2 aliphatic rings. The van der Waals surface area contributed by atoms with E-state index in [0.29, 0.717) is 0 Å². The van der Waals surface area contributed by atoms with Crippen LogP contribution in [0.5, 0.6) is 0 Å². The van der Waals surface area contributed by atoms with Crippen LogP contribution in [0.1, 0.15) is 59.1 Å².